The number of halogens is 1. The highest BCUT2D eigenvalue weighted by atomic mass is 35.5. The maximum Gasteiger partial charge on any atom is 0.339 e. The fraction of sp³-hybridized carbons (Fsp3) is 0.158. The molecule has 0 bridgehead atoms. The van der Waals surface area contributed by atoms with Crippen LogP contribution in [-0.4, -0.2) is 33.8 Å². The van der Waals surface area contributed by atoms with Crippen molar-refractivity contribution in [1.82, 2.24) is 14.8 Å². The molecule has 1 heterocycles. The van der Waals surface area contributed by atoms with E-state index in [1.165, 1.54) is 7.11 Å². The van der Waals surface area contributed by atoms with Crippen LogP contribution in [0.2, 0.25) is 5.02 Å². The Morgan fingerprint density at radius 2 is 1.81 bits per heavy atom. The SMILES string of the molecule is COC(=O)c1cc(C)ccc1NC(=O)c1nc(C)n(-c2ccc(Cl)cc2)n1. The number of ether oxygens (including phenoxy) is 1. The first kappa shape index (κ1) is 18.6. The van der Waals surface area contributed by atoms with Crippen LogP contribution in [0.4, 0.5) is 5.69 Å². The van der Waals surface area contributed by atoms with E-state index in [4.69, 9.17) is 16.3 Å². The van der Waals surface area contributed by atoms with Gasteiger partial charge in [-0.05, 0) is 50.2 Å². The fourth-order valence-corrected chi connectivity index (χ4v) is 2.66. The van der Waals surface area contributed by atoms with Gasteiger partial charge in [0.25, 0.3) is 5.91 Å². The number of nitrogens with one attached hydrogen (secondary N) is 1. The summed E-state index contributed by atoms with van der Waals surface area (Å²) in [5, 5.41) is 7.52. The summed E-state index contributed by atoms with van der Waals surface area (Å²) < 4.78 is 6.32. The fourth-order valence-electron chi connectivity index (χ4n) is 2.54. The average Bonchev–Trinajstić information content (AvgIpc) is 3.05. The quantitative estimate of drug-likeness (QED) is 0.695. The summed E-state index contributed by atoms with van der Waals surface area (Å²) in [5.41, 5.74) is 2.20. The molecule has 0 saturated heterocycles. The molecule has 0 atom stereocenters. The van der Waals surface area contributed by atoms with Gasteiger partial charge in [-0.15, -0.1) is 5.10 Å². The molecule has 7 nitrogen and oxygen atoms in total. The number of aryl methyl sites for hydroxylation is 2. The number of rotatable bonds is 4. The molecule has 0 aliphatic carbocycles. The van der Waals surface area contributed by atoms with Gasteiger partial charge in [0, 0.05) is 5.02 Å². The van der Waals surface area contributed by atoms with Gasteiger partial charge in [-0.25, -0.2) is 14.5 Å². The number of benzene rings is 2. The van der Waals surface area contributed by atoms with Crippen molar-refractivity contribution in [2.45, 2.75) is 13.8 Å². The van der Waals surface area contributed by atoms with Crippen molar-refractivity contribution in [2.75, 3.05) is 12.4 Å². The summed E-state index contributed by atoms with van der Waals surface area (Å²) in [7, 11) is 1.29. The van der Waals surface area contributed by atoms with E-state index in [0.717, 1.165) is 11.3 Å². The molecule has 27 heavy (non-hydrogen) atoms. The maximum absolute atomic E-state index is 12.6. The second-order valence-corrected chi connectivity index (χ2v) is 6.30. The van der Waals surface area contributed by atoms with Gasteiger partial charge in [0.1, 0.15) is 5.82 Å². The number of amides is 1. The van der Waals surface area contributed by atoms with Crippen LogP contribution in [0.5, 0.6) is 0 Å². The topological polar surface area (TPSA) is 86.1 Å². The summed E-state index contributed by atoms with van der Waals surface area (Å²) in [6.07, 6.45) is 0. The smallest absolute Gasteiger partial charge is 0.339 e. The van der Waals surface area contributed by atoms with Crippen molar-refractivity contribution >= 4 is 29.2 Å². The molecule has 1 amide bonds. The average molecular weight is 385 g/mol. The van der Waals surface area contributed by atoms with Gasteiger partial charge in [-0.1, -0.05) is 23.2 Å². The van der Waals surface area contributed by atoms with Crippen LogP contribution in [0.1, 0.15) is 32.4 Å². The molecular formula is C19H17ClN4O3. The number of nitrogens with zero attached hydrogens (tertiary/aromatic N) is 3. The van der Waals surface area contributed by atoms with Crippen molar-refractivity contribution in [3.63, 3.8) is 0 Å². The third-order valence-electron chi connectivity index (χ3n) is 3.87. The van der Waals surface area contributed by atoms with Crippen molar-refractivity contribution in [1.29, 1.82) is 0 Å². The Morgan fingerprint density at radius 1 is 1.11 bits per heavy atom. The molecule has 0 aliphatic rings. The number of methoxy groups -OCH3 is 1. The summed E-state index contributed by atoms with van der Waals surface area (Å²) in [5.74, 6) is -0.539. The molecule has 0 fully saturated rings. The molecule has 3 rings (SSSR count). The van der Waals surface area contributed by atoms with Crippen LogP contribution in [0.25, 0.3) is 5.69 Å². The van der Waals surface area contributed by atoms with Gasteiger partial charge < -0.3 is 10.1 Å². The normalized spacial score (nSPS) is 10.5. The van der Waals surface area contributed by atoms with Crippen molar-refractivity contribution in [3.05, 3.63) is 70.3 Å². The molecular weight excluding hydrogens is 368 g/mol. The minimum atomic E-state index is -0.537. The second-order valence-electron chi connectivity index (χ2n) is 5.87. The number of hydrogen-bond donors (Lipinski definition) is 1. The van der Waals surface area contributed by atoms with E-state index in [0.29, 0.717) is 16.5 Å². The minimum Gasteiger partial charge on any atom is -0.465 e. The predicted molar refractivity (Wildman–Crippen MR) is 102 cm³/mol. The van der Waals surface area contributed by atoms with E-state index in [2.05, 4.69) is 15.4 Å². The van der Waals surface area contributed by atoms with Crippen LogP contribution in [-0.2, 0) is 4.74 Å². The molecule has 3 aromatic rings. The Bertz CT molecular complexity index is 1010. The van der Waals surface area contributed by atoms with E-state index in [1.54, 1.807) is 54.1 Å². The lowest BCUT2D eigenvalue weighted by atomic mass is 10.1. The summed E-state index contributed by atoms with van der Waals surface area (Å²) >= 11 is 5.90. The van der Waals surface area contributed by atoms with Crippen LogP contribution in [0.3, 0.4) is 0 Å². The maximum atomic E-state index is 12.6. The Balaban J connectivity index is 1.89. The zero-order chi connectivity index (χ0) is 19.6. The molecule has 1 N–H and O–H groups in total. The number of anilines is 1. The minimum absolute atomic E-state index is 0.0150. The van der Waals surface area contributed by atoms with Crippen LogP contribution in [0, 0.1) is 13.8 Å². The summed E-state index contributed by atoms with van der Waals surface area (Å²) in [6, 6.07) is 12.1. The zero-order valence-electron chi connectivity index (χ0n) is 15.0. The van der Waals surface area contributed by atoms with Crippen molar-refractivity contribution in [2.24, 2.45) is 0 Å². The molecule has 0 radical (unpaired) electrons. The second kappa shape index (κ2) is 7.59. The highest BCUT2D eigenvalue weighted by molar-refractivity contribution is 6.30. The van der Waals surface area contributed by atoms with Gasteiger partial charge in [0.15, 0.2) is 0 Å². The number of carbonyl (C=O) groups excluding carboxylic acids is 2. The largest absolute Gasteiger partial charge is 0.465 e. The molecule has 138 valence electrons. The Kier molecular flexibility index (Phi) is 5.23. The first-order valence-corrected chi connectivity index (χ1v) is 8.47. The highest BCUT2D eigenvalue weighted by Crippen LogP contribution is 2.20. The molecule has 1 aromatic heterocycles. The van der Waals surface area contributed by atoms with E-state index >= 15 is 0 Å². The van der Waals surface area contributed by atoms with Crippen LogP contribution >= 0.6 is 11.6 Å². The first-order chi connectivity index (χ1) is 12.9. The van der Waals surface area contributed by atoms with Gasteiger partial charge >= 0.3 is 5.97 Å². The highest BCUT2D eigenvalue weighted by Gasteiger charge is 2.19. The Morgan fingerprint density at radius 3 is 2.48 bits per heavy atom. The third-order valence-corrected chi connectivity index (χ3v) is 4.12. The lowest BCUT2D eigenvalue weighted by Gasteiger charge is -2.09. The molecule has 8 heteroatoms. The standard InChI is InChI=1S/C19H17ClN4O3/c1-11-4-9-16(15(10-11)19(26)27-3)22-18(25)17-21-12(2)24(23-17)14-7-5-13(20)6-8-14/h4-10H,1-3H3,(H,22,25). The van der Waals surface area contributed by atoms with Gasteiger partial charge in [-0.3, -0.25) is 4.79 Å². The van der Waals surface area contributed by atoms with Gasteiger partial charge in [0.2, 0.25) is 5.82 Å². The van der Waals surface area contributed by atoms with Gasteiger partial charge in [-0.2, -0.15) is 0 Å². The Hall–Kier alpha value is -3.19. The van der Waals surface area contributed by atoms with E-state index in [-0.39, 0.29) is 11.4 Å². The van der Waals surface area contributed by atoms with Crippen LogP contribution < -0.4 is 5.32 Å². The number of esters is 1. The third kappa shape index (κ3) is 3.98. The molecule has 0 aliphatic heterocycles. The lowest BCUT2D eigenvalue weighted by molar-refractivity contribution is 0.0602. The monoisotopic (exact) mass is 384 g/mol. The molecule has 0 unspecified atom stereocenters. The number of aromatic nitrogens is 3. The number of hydrogen-bond acceptors (Lipinski definition) is 5. The van der Waals surface area contributed by atoms with E-state index in [1.807, 2.05) is 6.92 Å². The number of carbonyl (C=O) groups is 2. The molecule has 0 spiro atoms. The summed E-state index contributed by atoms with van der Waals surface area (Å²) in [4.78, 5) is 28.8. The lowest BCUT2D eigenvalue weighted by Crippen LogP contribution is -2.17. The van der Waals surface area contributed by atoms with E-state index in [9.17, 15) is 9.59 Å². The van der Waals surface area contributed by atoms with E-state index < -0.39 is 11.9 Å². The van der Waals surface area contributed by atoms with Crippen LogP contribution in [0.15, 0.2) is 42.5 Å². The molecule has 0 saturated carbocycles. The van der Waals surface area contributed by atoms with Gasteiger partial charge in [0.05, 0.1) is 24.0 Å². The first-order valence-electron chi connectivity index (χ1n) is 8.09. The van der Waals surface area contributed by atoms with Crippen molar-refractivity contribution < 1.29 is 14.3 Å². The van der Waals surface area contributed by atoms with Crippen molar-refractivity contribution in [3.8, 4) is 5.69 Å². The predicted octanol–water partition coefficient (Wildman–Crippen LogP) is 3.58. The Labute approximate surface area is 160 Å². The molecule has 2 aromatic carbocycles. The summed E-state index contributed by atoms with van der Waals surface area (Å²) in [6.45, 7) is 3.58. The zero-order valence-corrected chi connectivity index (χ0v) is 15.7.